The average Bonchev–Trinajstić information content (AvgIpc) is 2.94. The predicted molar refractivity (Wildman–Crippen MR) is 98.4 cm³/mol. The molecule has 0 aliphatic rings. The number of alkyl carbamates (subject to hydrolysis) is 1. The second kappa shape index (κ2) is 8.55. The van der Waals surface area contributed by atoms with E-state index in [4.69, 9.17) is 4.74 Å². The lowest BCUT2D eigenvalue weighted by atomic mass is 10.0. The fourth-order valence-corrected chi connectivity index (χ4v) is 2.55. The summed E-state index contributed by atoms with van der Waals surface area (Å²) in [5.41, 5.74) is 1.98. The van der Waals surface area contributed by atoms with Crippen molar-refractivity contribution in [1.29, 1.82) is 0 Å². The maximum Gasteiger partial charge on any atom is 0.408 e. The molecule has 6 nitrogen and oxygen atoms in total. The zero-order valence-electron chi connectivity index (χ0n) is 15.3. The second-order valence-corrected chi connectivity index (χ2v) is 6.85. The van der Waals surface area contributed by atoms with Crippen molar-refractivity contribution in [1.82, 2.24) is 15.6 Å². The number of ether oxygens (including phenoxy) is 1. The zero-order chi connectivity index (χ0) is 18.4. The summed E-state index contributed by atoms with van der Waals surface area (Å²) < 4.78 is 5.13. The van der Waals surface area contributed by atoms with Crippen LogP contribution < -0.4 is 10.6 Å². The molecule has 136 valence electrons. The summed E-state index contributed by atoms with van der Waals surface area (Å²) in [7, 11) is 0. The molecule has 1 aromatic carbocycles. The first-order valence-electron chi connectivity index (χ1n) is 8.66. The van der Waals surface area contributed by atoms with Crippen LogP contribution in [0.15, 0.2) is 30.5 Å². The van der Waals surface area contributed by atoms with Crippen LogP contribution in [0.2, 0.25) is 0 Å². The molecular weight excluding hydrogens is 318 g/mol. The van der Waals surface area contributed by atoms with Gasteiger partial charge in [0.15, 0.2) is 0 Å². The summed E-state index contributed by atoms with van der Waals surface area (Å²) in [5.74, 6) is 0.125. The average molecular weight is 345 g/mol. The van der Waals surface area contributed by atoms with Crippen LogP contribution in [0.1, 0.15) is 33.3 Å². The van der Waals surface area contributed by atoms with Crippen LogP contribution in [-0.2, 0) is 16.0 Å². The smallest absolute Gasteiger partial charge is 0.408 e. The van der Waals surface area contributed by atoms with Crippen LogP contribution in [-0.4, -0.2) is 35.7 Å². The van der Waals surface area contributed by atoms with Crippen LogP contribution >= 0.6 is 0 Å². The summed E-state index contributed by atoms with van der Waals surface area (Å²) in [5, 5.41) is 6.61. The topological polar surface area (TPSA) is 83.2 Å². The third kappa shape index (κ3) is 5.52. The summed E-state index contributed by atoms with van der Waals surface area (Å²) in [6, 6.07) is 7.19. The van der Waals surface area contributed by atoms with E-state index in [0.717, 1.165) is 16.5 Å². The van der Waals surface area contributed by atoms with E-state index < -0.39 is 12.1 Å². The maximum atomic E-state index is 12.5. The van der Waals surface area contributed by atoms with Crippen molar-refractivity contribution >= 4 is 22.9 Å². The van der Waals surface area contributed by atoms with Crippen molar-refractivity contribution in [2.24, 2.45) is 5.92 Å². The van der Waals surface area contributed by atoms with E-state index in [-0.39, 0.29) is 12.0 Å². The minimum Gasteiger partial charge on any atom is -0.447 e. The van der Waals surface area contributed by atoms with E-state index in [1.54, 1.807) is 13.8 Å². The number of amides is 2. The molecule has 0 fully saturated rings. The first-order chi connectivity index (χ1) is 11.9. The highest BCUT2D eigenvalue weighted by molar-refractivity contribution is 5.88. The molecule has 2 amide bonds. The number of benzene rings is 1. The number of aromatic amines is 1. The third-order valence-corrected chi connectivity index (χ3v) is 3.73. The van der Waals surface area contributed by atoms with Gasteiger partial charge in [0.05, 0.1) is 6.10 Å². The molecule has 2 aromatic rings. The van der Waals surface area contributed by atoms with Gasteiger partial charge in [0, 0.05) is 30.1 Å². The van der Waals surface area contributed by atoms with Gasteiger partial charge in [-0.2, -0.15) is 0 Å². The highest BCUT2D eigenvalue weighted by Crippen LogP contribution is 2.19. The second-order valence-electron chi connectivity index (χ2n) is 6.85. The molecule has 2 rings (SSSR count). The number of carbonyl (C=O) groups excluding carboxylic acids is 2. The Bertz CT molecular complexity index is 722. The Morgan fingerprint density at radius 3 is 2.56 bits per heavy atom. The summed E-state index contributed by atoms with van der Waals surface area (Å²) >= 11 is 0. The van der Waals surface area contributed by atoms with Gasteiger partial charge in [0.1, 0.15) is 6.04 Å². The molecule has 25 heavy (non-hydrogen) atoms. The van der Waals surface area contributed by atoms with Crippen molar-refractivity contribution in [3.63, 3.8) is 0 Å². The Hall–Kier alpha value is -2.50. The van der Waals surface area contributed by atoms with Crippen LogP contribution in [0.3, 0.4) is 0 Å². The normalized spacial score (nSPS) is 12.4. The van der Waals surface area contributed by atoms with Crippen LogP contribution in [0.25, 0.3) is 10.9 Å². The van der Waals surface area contributed by atoms with Gasteiger partial charge >= 0.3 is 6.09 Å². The largest absolute Gasteiger partial charge is 0.447 e. The number of para-hydroxylation sites is 1. The maximum absolute atomic E-state index is 12.5. The van der Waals surface area contributed by atoms with Gasteiger partial charge in [0.2, 0.25) is 5.91 Å². The minimum atomic E-state index is -0.691. The molecule has 1 atom stereocenters. The number of hydrogen-bond acceptors (Lipinski definition) is 3. The molecule has 3 N–H and O–H groups in total. The number of nitrogens with one attached hydrogen (secondary N) is 3. The Morgan fingerprint density at radius 2 is 1.88 bits per heavy atom. The number of H-pyrrole nitrogens is 1. The van der Waals surface area contributed by atoms with Gasteiger partial charge in [-0.05, 0) is 31.4 Å². The van der Waals surface area contributed by atoms with E-state index in [1.165, 1.54) is 0 Å². The molecule has 0 bridgehead atoms. The first kappa shape index (κ1) is 18.8. The lowest BCUT2D eigenvalue weighted by Gasteiger charge is -2.19. The summed E-state index contributed by atoms with van der Waals surface area (Å²) in [6.07, 6.45) is 1.44. The third-order valence-electron chi connectivity index (χ3n) is 3.73. The summed E-state index contributed by atoms with van der Waals surface area (Å²) in [6.45, 7) is 8.15. The quantitative estimate of drug-likeness (QED) is 0.721. The molecule has 0 aliphatic carbocycles. The molecule has 1 heterocycles. The fraction of sp³-hybridized carbons (Fsp3) is 0.474. The predicted octanol–water partition coefficient (Wildman–Crippen LogP) is 2.99. The SMILES string of the molecule is CC(C)CNC(=O)[C@H](Cc1c[nH]c2ccccc12)NC(=O)OC(C)C. The van der Waals surface area contributed by atoms with Gasteiger partial charge in [-0.1, -0.05) is 32.0 Å². The van der Waals surface area contributed by atoms with Gasteiger partial charge in [-0.25, -0.2) is 4.79 Å². The number of hydrogen-bond donors (Lipinski definition) is 3. The van der Waals surface area contributed by atoms with Crippen molar-refractivity contribution in [2.45, 2.75) is 46.3 Å². The van der Waals surface area contributed by atoms with Crippen LogP contribution in [0, 0.1) is 5.92 Å². The zero-order valence-corrected chi connectivity index (χ0v) is 15.3. The summed E-state index contributed by atoms with van der Waals surface area (Å²) in [4.78, 5) is 27.7. The minimum absolute atomic E-state index is 0.209. The number of rotatable bonds is 7. The van der Waals surface area contributed by atoms with Gasteiger partial charge < -0.3 is 20.4 Å². The lowest BCUT2D eigenvalue weighted by molar-refractivity contribution is -0.123. The highest BCUT2D eigenvalue weighted by atomic mass is 16.6. The van der Waals surface area contributed by atoms with Crippen LogP contribution in [0.4, 0.5) is 4.79 Å². The van der Waals surface area contributed by atoms with Crippen LogP contribution in [0.5, 0.6) is 0 Å². The molecule has 0 radical (unpaired) electrons. The Balaban J connectivity index is 2.15. The highest BCUT2D eigenvalue weighted by Gasteiger charge is 2.23. The van der Waals surface area contributed by atoms with Crippen molar-refractivity contribution in [3.8, 4) is 0 Å². The van der Waals surface area contributed by atoms with Gasteiger partial charge in [-0.3, -0.25) is 4.79 Å². The Kier molecular flexibility index (Phi) is 6.44. The molecule has 6 heteroatoms. The van der Waals surface area contributed by atoms with E-state index in [2.05, 4.69) is 15.6 Å². The molecule has 0 unspecified atom stereocenters. The number of carbonyl (C=O) groups is 2. The van der Waals surface area contributed by atoms with Gasteiger partial charge in [0.25, 0.3) is 0 Å². The molecule has 0 aliphatic heterocycles. The van der Waals surface area contributed by atoms with Crippen molar-refractivity contribution in [2.75, 3.05) is 6.54 Å². The van der Waals surface area contributed by atoms with E-state index in [9.17, 15) is 9.59 Å². The molecule has 1 aromatic heterocycles. The van der Waals surface area contributed by atoms with Crippen molar-refractivity contribution < 1.29 is 14.3 Å². The van der Waals surface area contributed by atoms with E-state index in [0.29, 0.717) is 18.9 Å². The lowest BCUT2D eigenvalue weighted by Crippen LogP contribution is -2.49. The molecule has 0 spiro atoms. The Morgan fingerprint density at radius 1 is 1.16 bits per heavy atom. The molecular formula is C19H27N3O3. The number of aromatic nitrogens is 1. The van der Waals surface area contributed by atoms with Gasteiger partial charge in [-0.15, -0.1) is 0 Å². The monoisotopic (exact) mass is 345 g/mol. The molecule has 0 saturated heterocycles. The van der Waals surface area contributed by atoms with E-state index in [1.807, 2.05) is 44.3 Å². The number of fused-ring (bicyclic) bond motifs is 1. The Labute approximate surface area is 148 Å². The fourth-order valence-electron chi connectivity index (χ4n) is 2.55. The standard InChI is InChI=1S/C19H27N3O3/c1-12(2)10-21-18(23)17(22-19(24)25-13(3)4)9-14-11-20-16-8-6-5-7-15(14)16/h5-8,11-13,17,20H,9-10H2,1-4H3,(H,21,23)(H,22,24)/t17-/m0/s1. The van der Waals surface area contributed by atoms with E-state index >= 15 is 0 Å². The van der Waals surface area contributed by atoms with Crippen molar-refractivity contribution in [3.05, 3.63) is 36.0 Å². The first-order valence-corrected chi connectivity index (χ1v) is 8.66. The molecule has 0 saturated carbocycles.